The van der Waals surface area contributed by atoms with Crippen LogP contribution >= 0.6 is 15.9 Å². The lowest BCUT2D eigenvalue weighted by atomic mass is 10.0. The maximum atomic E-state index is 13.4. The van der Waals surface area contributed by atoms with Crippen molar-refractivity contribution in [3.63, 3.8) is 0 Å². The van der Waals surface area contributed by atoms with Gasteiger partial charge in [0.1, 0.15) is 0 Å². The third-order valence-corrected chi connectivity index (χ3v) is 3.92. The number of phenols is 1. The predicted molar refractivity (Wildman–Crippen MR) is 68.6 cm³/mol. The van der Waals surface area contributed by atoms with Gasteiger partial charge in [0.25, 0.3) is 0 Å². The van der Waals surface area contributed by atoms with Crippen LogP contribution in [0.25, 0.3) is 0 Å². The molecule has 1 saturated heterocycles. The van der Waals surface area contributed by atoms with E-state index in [9.17, 15) is 9.50 Å². The van der Waals surface area contributed by atoms with E-state index in [2.05, 4.69) is 26.1 Å². The van der Waals surface area contributed by atoms with Gasteiger partial charge < -0.3 is 10.4 Å². The predicted octanol–water partition coefficient (Wildman–Crippen LogP) is 2.26. The zero-order chi connectivity index (χ0) is 12.4. The van der Waals surface area contributed by atoms with E-state index < -0.39 is 5.82 Å². The van der Waals surface area contributed by atoms with Gasteiger partial charge in [0.05, 0.1) is 0 Å². The third-order valence-electron chi connectivity index (χ3n) is 3.23. The SMILES string of the molecule is C[C@H](c1c(Br)ccc(F)c1O)N1CCNCC1. The Morgan fingerprint density at radius 1 is 1.41 bits per heavy atom. The number of aromatic hydroxyl groups is 1. The van der Waals surface area contributed by atoms with E-state index in [1.807, 2.05) is 6.92 Å². The first-order valence-corrected chi connectivity index (χ1v) is 6.52. The fourth-order valence-electron chi connectivity index (χ4n) is 2.21. The monoisotopic (exact) mass is 302 g/mol. The molecule has 0 spiro atoms. The molecule has 1 fully saturated rings. The summed E-state index contributed by atoms with van der Waals surface area (Å²) in [7, 11) is 0. The Hall–Kier alpha value is -0.650. The summed E-state index contributed by atoms with van der Waals surface area (Å²) >= 11 is 3.38. The van der Waals surface area contributed by atoms with Crippen LogP contribution < -0.4 is 5.32 Å². The molecule has 1 atom stereocenters. The molecule has 1 aliphatic rings. The van der Waals surface area contributed by atoms with Gasteiger partial charge in [0, 0.05) is 42.3 Å². The summed E-state index contributed by atoms with van der Waals surface area (Å²) in [5.74, 6) is -0.810. The van der Waals surface area contributed by atoms with Gasteiger partial charge in [0.15, 0.2) is 11.6 Å². The van der Waals surface area contributed by atoms with Crippen LogP contribution in [-0.4, -0.2) is 36.2 Å². The molecule has 0 saturated carbocycles. The van der Waals surface area contributed by atoms with Crippen LogP contribution in [0.2, 0.25) is 0 Å². The molecule has 2 N–H and O–H groups in total. The molecule has 0 amide bonds. The number of benzene rings is 1. The van der Waals surface area contributed by atoms with Crippen LogP contribution in [0, 0.1) is 5.82 Å². The van der Waals surface area contributed by atoms with E-state index in [4.69, 9.17) is 0 Å². The minimum Gasteiger partial charge on any atom is -0.505 e. The highest BCUT2D eigenvalue weighted by Crippen LogP contribution is 2.36. The summed E-state index contributed by atoms with van der Waals surface area (Å²) in [5, 5.41) is 13.1. The molecule has 2 rings (SSSR count). The van der Waals surface area contributed by atoms with Crippen LogP contribution in [0.1, 0.15) is 18.5 Å². The Morgan fingerprint density at radius 2 is 2.06 bits per heavy atom. The Morgan fingerprint density at radius 3 is 2.71 bits per heavy atom. The van der Waals surface area contributed by atoms with Crippen molar-refractivity contribution in [2.24, 2.45) is 0 Å². The normalized spacial score (nSPS) is 19.2. The lowest BCUT2D eigenvalue weighted by Gasteiger charge is -2.33. The zero-order valence-corrected chi connectivity index (χ0v) is 11.3. The van der Waals surface area contributed by atoms with Crippen LogP contribution in [-0.2, 0) is 0 Å². The smallest absolute Gasteiger partial charge is 0.165 e. The first-order chi connectivity index (χ1) is 8.11. The summed E-state index contributed by atoms with van der Waals surface area (Å²) in [6, 6.07) is 2.92. The summed E-state index contributed by atoms with van der Waals surface area (Å²) in [6.07, 6.45) is 0. The zero-order valence-electron chi connectivity index (χ0n) is 9.71. The summed E-state index contributed by atoms with van der Waals surface area (Å²) in [6.45, 7) is 5.66. The van der Waals surface area contributed by atoms with Crippen molar-refractivity contribution in [3.8, 4) is 5.75 Å². The minimum absolute atomic E-state index is 0.00201. The lowest BCUT2D eigenvalue weighted by Crippen LogP contribution is -2.44. The highest BCUT2D eigenvalue weighted by atomic mass is 79.9. The van der Waals surface area contributed by atoms with Gasteiger partial charge in [-0.2, -0.15) is 0 Å². The molecule has 1 aromatic carbocycles. The molecule has 1 aromatic rings. The first kappa shape index (κ1) is 12.8. The van der Waals surface area contributed by atoms with E-state index >= 15 is 0 Å². The second kappa shape index (κ2) is 5.33. The Labute approximate surface area is 109 Å². The molecule has 1 aliphatic heterocycles. The fourth-order valence-corrected chi connectivity index (χ4v) is 2.86. The van der Waals surface area contributed by atoms with Gasteiger partial charge >= 0.3 is 0 Å². The lowest BCUT2D eigenvalue weighted by molar-refractivity contribution is 0.181. The minimum atomic E-state index is -0.565. The number of hydrogen-bond acceptors (Lipinski definition) is 3. The molecule has 0 bridgehead atoms. The number of nitrogens with zero attached hydrogens (tertiary/aromatic N) is 1. The van der Waals surface area contributed by atoms with Crippen LogP contribution in [0.3, 0.4) is 0 Å². The molecule has 0 aliphatic carbocycles. The number of rotatable bonds is 2. The third kappa shape index (κ3) is 2.61. The number of piperazine rings is 1. The van der Waals surface area contributed by atoms with Gasteiger partial charge in [-0.15, -0.1) is 0 Å². The molecular weight excluding hydrogens is 287 g/mol. The standard InChI is InChI=1S/C12H16BrFN2O/c1-8(16-6-4-15-5-7-16)11-9(13)2-3-10(14)12(11)17/h2-3,8,15,17H,4-7H2,1H3/t8-/m1/s1. The topological polar surface area (TPSA) is 35.5 Å². The molecule has 0 unspecified atom stereocenters. The largest absolute Gasteiger partial charge is 0.505 e. The van der Waals surface area contributed by atoms with Crippen LogP contribution in [0.15, 0.2) is 16.6 Å². The van der Waals surface area contributed by atoms with Gasteiger partial charge in [0.2, 0.25) is 0 Å². The highest BCUT2D eigenvalue weighted by molar-refractivity contribution is 9.10. The number of hydrogen-bond donors (Lipinski definition) is 2. The number of nitrogens with one attached hydrogen (secondary N) is 1. The Kier molecular flexibility index (Phi) is 4.01. The van der Waals surface area contributed by atoms with Crippen molar-refractivity contribution in [2.45, 2.75) is 13.0 Å². The van der Waals surface area contributed by atoms with Crippen molar-refractivity contribution in [1.82, 2.24) is 10.2 Å². The van der Waals surface area contributed by atoms with Gasteiger partial charge in [-0.25, -0.2) is 4.39 Å². The molecule has 94 valence electrons. The molecule has 5 heteroatoms. The highest BCUT2D eigenvalue weighted by Gasteiger charge is 2.23. The van der Waals surface area contributed by atoms with Gasteiger partial charge in [-0.05, 0) is 19.1 Å². The molecular formula is C12H16BrFN2O. The average Bonchev–Trinajstić information content (AvgIpc) is 2.35. The molecule has 3 nitrogen and oxygen atoms in total. The van der Waals surface area contributed by atoms with Crippen LogP contribution in [0.5, 0.6) is 5.75 Å². The quantitative estimate of drug-likeness (QED) is 0.880. The second-order valence-corrected chi connectivity index (χ2v) is 5.11. The maximum Gasteiger partial charge on any atom is 0.165 e. The molecule has 1 heterocycles. The van der Waals surface area contributed by atoms with E-state index in [1.165, 1.54) is 6.07 Å². The first-order valence-electron chi connectivity index (χ1n) is 5.73. The summed E-state index contributed by atoms with van der Waals surface area (Å²) in [5.41, 5.74) is 0.631. The van der Waals surface area contributed by atoms with Gasteiger partial charge in [-0.1, -0.05) is 15.9 Å². The summed E-state index contributed by atoms with van der Waals surface area (Å²) in [4.78, 5) is 2.23. The van der Waals surface area contributed by atoms with E-state index in [0.717, 1.165) is 30.7 Å². The Bertz CT molecular complexity index is 408. The van der Waals surface area contributed by atoms with Crippen molar-refractivity contribution < 1.29 is 9.50 Å². The maximum absolute atomic E-state index is 13.4. The van der Waals surface area contributed by atoms with E-state index in [-0.39, 0.29) is 11.8 Å². The van der Waals surface area contributed by atoms with E-state index in [1.54, 1.807) is 6.07 Å². The van der Waals surface area contributed by atoms with Crippen molar-refractivity contribution in [2.75, 3.05) is 26.2 Å². The van der Waals surface area contributed by atoms with Crippen molar-refractivity contribution in [3.05, 3.63) is 28.0 Å². The molecule has 17 heavy (non-hydrogen) atoms. The fraction of sp³-hybridized carbons (Fsp3) is 0.500. The summed E-state index contributed by atoms with van der Waals surface area (Å²) < 4.78 is 14.1. The van der Waals surface area contributed by atoms with Crippen molar-refractivity contribution >= 4 is 15.9 Å². The Balaban J connectivity index is 2.29. The van der Waals surface area contributed by atoms with Crippen molar-refractivity contribution in [1.29, 1.82) is 0 Å². The van der Waals surface area contributed by atoms with Crippen LogP contribution in [0.4, 0.5) is 4.39 Å². The molecule has 0 aromatic heterocycles. The average molecular weight is 303 g/mol. The van der Waals surface area contributed by atoms with Gasteiger partial charge in [-0.3, -0.25) is 4.90 Å². The number of phenolic OH excluding ortho intramolecular Hbond substituents is 1. The number of halogens is 2. The van der Waals surface area contributed by atoms with E-state index in [0.29, 0.717) is 5.56 Å². The second-order valence-electron chi connectivity index (χ2n) is 4.25. The molecule has 0 radical (unpaired) electrons.